The number of nitrogens with zero attached hydrogens (tertiary/aromatic N) is 2. The minimum Gasteiger partial charge on any atom is -0.292 e. The molecule has 0 aliphatic rings. The molecule has 0 aliphatic heterocycles. The zero-order valence-corrected chi connectivity index (χ0v) is 21.9. The molecule has 2 heteroatoms. The number of benzene rings is 5. The predicted molar refractivity (Wildman–Crippen MR) is 164 cm³/mol. The maximum atomic E-state index is 5.25. The summed E-state index contributed by atoms with van der Waals surface area (Å²) in [6, 6.07) is 36.4. The van der Waals surface area contributed by atoms with Gasteiger partial charge in [0.05, 0.1) is 11.0 Å². The van der Waals surface area contributed by atoms with Gasteiger partial charge < -0.3 is 0 Å². The van der Waals surface area contributed by atoms with Gasteiger partial charge >= 0.3 is 0 Å². The van der Waals surface area contributed by atoms with Crippen molar-refractivity contribution in [2.24, 2.45) is 0 Å². The first-order chi connectivity index (χ1) is 18.7. The van der Waals surface area contributed by atoms with Crippen molar-refractivity contribution in [2.75, 3.05) is 0 Å². The molecule has 6 aromatic rings. The maximum Gasteiger partial charge on any atom is 0.146 e. The summed E-state index contributed by atoms with van der Waals surface area (Å²) < 4.78 is 2.30. The topological polar surface area (TPSA) is 17.8 Å². The Labute approximate surface area is 223 Å². The van der Waals surface area contributed by atoms with Crippen LogP contribution in [0.2, 0.25) is 0 Å². The van der Waals surface area contributed by atoms with Crippen LogP contribution in [0.1, 0.15) is 25.8 Å². The van der Waals surface area contributed by atoms with Gasteiger partial charge in [0.2, 0.25) is 0 Å². The second-order valence-corrected chi connectivity index (χ2v) is 9.74. The Hall–Kier alpha value is -4.69. The number of hydrogen-bond acceptors (Lipinski definition) is 1. The van der Waals surface area contributed by atoms with Crippen LogP contribution in [0.3, 0.4) is 0 Å². The third kappa shape index (κ3) is 4.05. The maximum absolute atomic E-state index is 5.25. The van der Waals surface area contributed by atoms with E-state index in [1.807, 2.05) is 0 Å². The van der Waals surface area contributed by atoms with Gasteiger partial charge in [-0.15, -0.1) is 0 Å². The van der Waals surface area contributed by atoms with Gasteiger partial charge in [-0.25, -0.2) is 4.98 Å². The quantitative estimate of drug-likeness (QED) is 0.129. The molecule has 0 bridgehead atoms. The van der Waals surface area contributed by atoms with Crippen molar-refractivity contribution >= 4 is 38.2 Å². The smallest absolute Gasteiger partial charge is 0.146 e. The molecule has 0 saturated heterocycles. The first-order valence-corrected chi connectivity index (χ1v) is 13.1. The van der Waals surface area contributed by atoms with Crippen LogP contribution in [0.25, 0.3) is 55.2 Å². The Kier molecular flexibility index (Phi) is 6.23. The van der Waals surface area contributed by atoms with E-state index in [1.54, 1.807) is 0 Å². The van der Waals surface area contributed by atoms with E-state index in [4.69, 9.17) is 4.98 Å². The fraction of sp³-hybridized carbons (Fsp3) is 0.0833. The van der Waals surface area contributed by atoms with E-state index >= 15 is 0 Å². The molecule has 0 amide bonds. The predicted octanol–water partition coefficient (Wildman–Crippen LogP) is 9.92. The highest BCUT2D eigenvalue weighted by atomic mass is 15.1. The fourth-order valence-electron chi connectivity index (χ4n) is 5.42. The number of fused-ring (bicyclic) bond motifs is 3. The molecule has 0 saturated carbocycles. The van der Waals surface area contributed by atoms with E-state index in [2.05, 4.69) is 146 Å². The van der Waals surface area contributed by atoms with Gasteiger partial charge in [-0.1, -0.05) is 109 Å². The highest BCUT2D eigenvalue weighted by Gasteiger charge is 2.21. The molecule has 0 radical (unpaired) electrons. The average Bonchev–Trinajstić information content (AvgIpc) is 3.33. The molecule has 1 aromatic heterocycles. The molecule has 0 aliphatic carbocycles. The minimum absolute atomic E-state index is 0.867. The van der Waals surface area contributed by atoms with E-state index in [1.165, 1.54) is 32.7 Å². The standard InChI is InChI=1S/C36H30N2/c1-4-26(16-14-15-25(2)3)34-28-19-8-10-21-30(28)35(31-22-11-9-20-29(31)34)36-37-32-23-12-13-24-33(32)38(36)27-17-6-5-7-18-27/h4-14,16-24H,2,15H2,1,3H3/b16-14-,26-4+. The SMILES string of the molecule is C=C(C)C/C=C\C(=C/C)c1c2ccccc2c(-c2nc3ccccc3n2-c2ccccc2)c2ccccc12. The van der Waals surface area contributed by atoms with Crippen LogP contribution in [-0.2, 0) is 0 Å². The van der Waals surface area contributed by atoms with E-state index in [0.717, 1.165) is 40.1 Å². The van der Waals surface area contributed by atoms with Crippen molar-refractivity contribution in [1.29, 1.82) is 0 Å². The molecule has 6 rings (SSSR count). The molecule has 1 heterocycles. The second-order valence-electron chi connectivity index (χ2n) is 9.74. The fourth-order valence-corrected chi connectivity index (χ4v) is 5.42. The molecule has 5 aromatic carbocycles. The largest absolute Gasteiger partial charge is 0.292 e. The number of hydrogen-bond donors (Lipinski definition) is 0. The number of rotatable bonds is 6. The summed E-state index contributed by atoms with van der Waals surface area (Å²) in [7, 11) is 0. The molecule has 184 valence electrons. The summed E-state index contributed by atoms with van der Waals surface area (Å²) in [6.07, 6.45) is 7.53. The molecular formula is C36H30N2. The molecule has 38 heavy (non-hydrogen) atoms. The van der Waals surface area contributed by atoms with Gasteiger partial charge in [0.1, 0.15) is 5.82 Å². The first-order valence-electron chi connectivity index (χ1n) is 13.1. The van der Waals surface area contributed by atoms with Crippen molar-refractivity contribution in [1.82, 2.24) is 9.55 Å². The van der Waals surface area contributed by atoms with Gasteiger partial charge in [-0.2, -0.15) is 0 Å². The Morgan fingerprint density at radius 3 is 1.97 bits per heavy atom. The van der Waals surface area contributed by atoms with E-state index < -0.39 is 0 Å². The zero-order chi connectivity index (χ0) is 26.1. The Balaban J connectivity index is 1.74. The normalized spacial score (nSPS) is 12.2. The average molecular weight is 491 g/mol. The molecule has 0 fully saturated rings. The second kappa shape index (κ2) is 9.99. The highest BCUT2D eigenvalue weighted by Crippen LogP contribution is 2.43. The lowest BCUT2D eigenvalue weighted by atomic mass is 9.87. The number of allylic oxidation sites excluding steroid dienone is 5. The van der Waals surface area contributed by atoms with Crippen molar-refractivity contribution in [3.63, 3.8) is 0 Å². The van der Waals surface area contributed by atoms with Crippen LogP contribution in [0.5, 0.6) is 0 Å². The zero-order valence-electron chi connectivity index (χ0n) is 21.9. The summed E-state index contributed by atoms with van der Waals surface area (Å²) in [6.45, 7) is 8.25. The number of para-hydroxylation sites is 3. The van der Waals surface area contributed by atoms with Crippen molar-refractivity contribution in [2.45, 2.75) is 20.3 Å². The third-order valence-corrected chi connectivity index (χ3v) is 7.09. The lowest BCUT2D eigenvalue weighted by molar-refractivity contribution is 1.11. The third-order valence-electron chi connectivity index (χ3n) is 7.09. The van der Waals surface area contributed by atoms with Crippen molar-refractivity contribution < 1.29 is 0 Å². The van der Waals surface area contributed by atoms with Crippen molar-refractivity contribution in [3.05, 3.63) is 139 Å². The molecule has 2 nitrogen and oxygen atoms in total. The van der Waals surface area contributed by atoms with Crippen LogP contribution in [0.15, 0.2) is 134 Å². The van der Waals surface area contributed by atoms with Crippen LogP contribution in [0, 0.1) is 0 Å². The van der Waals surface area contributed by atoms with E-state index in [0.29, 0.717) is 0 Å². The summed E-state index contributed by atoms with van der Waals surface area (Å²) >= 11 is 0. The van der Waals surface area contributed by atoms with Crippen LogP contribution in [-0.4, -0.2) is 9.55 Å². The lowest BCUT2D eigenvalue weighted by Gasteiger charge is -2.18. The van der Waals surface area contributed by atoms with Gasteiger partial charge in [0, 0.05) is 11.3 Å². The number of imidazole rings is 1. The Bertz CT molecular complexity index is 1810. The Morgan fingerprint density at radius 2 is 1.34 bits per heavy atom. The highest BCUT2D eigenvalue weighted by molar-refractivity contribution is 6.19. The molecular weight excluding hydrogens is 460 g/mol. The summed E-state index contributed by atoms with van der Waals surface area (Å²) in [4.78, 5) is 5.25. The summed E-state index contributed by atoms with van der Waals surface area (Å²) in [5.41, 5.74) is 7.96. The molecule has 0 atom stereocenters. The molecule has 0 unspecified atom stereocenters. The van der Waals surface area contributed by atoms with Crippen molar-refractivity contribution in [3.8, 4) is 17.1 Å². The summed E-state index contributed by atoms with van der Waals surface area (Å²) in [5.74, 6) is 0.955. The van der Waals surface area contributed by atoms with Gasteiger partial charge in [0.15, 0.2) is 0 Å². The first kappa shape index (κ1) is 23.7. The van der Waals surface area contributed by atoms with Gasteiger partial charge in [-0.05, 0) is 77.2 Å². The number of aromatic nitrogens is 2. The monoisotopic (exact) mass is 490 g/mol. The van der Waals surface area contributed by atoms with Gasteiger partial charge in [-0.3, -0.25) is 4.57 Å². The Morgan fingerprint density at radius 1 is 0.763 bits per heavy atom. The van der Waals surface area contributed by atoms with Crippen LogP contribution >= 0.6 is 0 Å². The van der Waals surface area contributed by atoms with E-state index in [9.17, 15) is 0 Å². The summed E-state index contributed by atoms with van der Waals surface area (Å²) in [5, 5.41) is 4.84. The van der Waals surface area contributed by atoms with Crippen LogP contribution in [0.4, 0.5) is 0 Å². The minimum atomic E-state index is 0.867. The van der Waals surface area contributed by atoms with Crippen LogP contribution < -0.4 is 0 Å². The lowest BCUT2D eigenvalue weighted by Crippen LogP contribution is -2.00. The molecule has 0 spiro atoms. The van der Waals surface area contributed by atoms with E-state index in [-0.39, 0.29) is 0 Å². The molecule has 0 N–H and O–H groups in total. The van der Waals surface area contributed by atoms with Gasteiger partial charge in [0.25, 0.3) is 0 Å².